The van der Waals surface area contributed by atoms with Gasteiger partial charge < -0.3 is 13.9 Å². The Morgan fingerprint density at radius 3 is 2.56 bits per heavy atom. The zero-order valence-electron chi connectivity index (χ0n) is 17.5. The van der Waals surface area contributed by atoms with E-state index in [0.29, 0.717) is 36.1 Å². The molecular weight excluding hydrogens is 419 g/mol. The molecule has 0 fully saturated rings. The third kappa shape index (κ3) is 3.43. The van der Waals surface area contributed by atoms with Gasteiger partial charge in [-0.05, 0) is 37.1 Å². The second-order valence-electron chi connectivity index (χ2n) is 7.75. The number of methoxy groups -OCH3 is 1. The van der Waals surface area contributed by atoms with E-state index in [4.69, 9.17) is 4.74 Å². The van der Waals surface area contributed by atoms with Gasteiger partial charge in [0.25, 0.3) is 0 Å². The monoisotopic (exact) mass is 439 g/mol. The van der Waals surface area contributed by atoms with Gasteiger partial charge in [-0.1, -0.05) is 18.2 Å². The number of pyridine rings is 1. The van der Waals surface area contributed by atoms with Crippen molar-refractivity contribution < 1.29 is 17.9 Å². The molecule has 0 aliphatic carbocycles. The number of hydrogen-bond donors (Lipinski definition) is 0. The van der Waals surface area contributed by atoms with E-state index in [9.17, 15) is 13.2 Å². The lowest BCUT2D eigenvalue weighted by Gasteiger charge is -2.16. The number of benzene rings is 1. The third-order valence-corrected chi connectivity index (χ3v) is 5.71. The minimum atomic E-state index is -4.41. The summed E-state index contributed by atoms with van der Waals surface area (Å²) in [6.07, 6.45) is 1.56. The average molecular weight is 439 g/mol. The number of alkyl halides is 3. The average Bonchev–Trinajstić information content (AvgIpc) is 3.48. The molecule has 0 unspecified atom stereocenters. The lowest BCUT2D eigenvalue weighted by atomic mass is 9.92. The Hall–Kier alpha value is -3.62. The summed E-state index contributed by atoms with van der Waals surface area (Å²) < 4.78 is 49.9. The molecule has 164 valence electrons. The molecular formula is C23H20F3N5O. The fourth-order valence-electron chi connectivity index (χ4n) is 4.24. The van der Waals surface area contributed by atoms with Crippen LogP contribution in [0.3, 0.4) is 0 Å². The smallest absolute Gasteiger partial charge is 0.416 e. The zero-order valence-corrected chi connectivity index (χ0v) is 17.5. The van der Waals surface area contributed by atoms with Crippen LogP contribution in [0.1, 0.15) is 35.0 Å². The van der Waals surface area contributed by atoms with Crippen LogP contribution in [0.25, 0.3) is 17.1 Å². The molecule has 0 radical (unpaired) electrons. The predicted octanol–water partition coefficient (Wildman–Crippen LogP) is 5.00. The number of nitrogens with zero attached hydrogens (tertiary/aromatic N) is 5. The first kappa shape index (κ1) is 20.3. The number of aryl methyl sites for hydroxylation is 2. The van der Waals surface area contributed by atoms with Gasteiger partial charge in [0.2, 0.25) is 5.88 Å². The van der Waals surface area contributed by atoms with Crippen LogP contribution in [0.4, 0.5) is 13.2 Å². The van der Waals surface area contributed by atoms with Crippen molar-refractivity contribution in [3.05, 3.63) is 77.8 Å². The molecule has 1 aliphatic rings. The van der Waals surface area contributed by atoms with E-state index in [2.05, 4.69) is 15.0 Å². The molecule has 0 N–H and O–H groups in total. The van der Waals surface area contributed by atoms with Gasteiger partial charge in [0.05, 0.1) is 30.4 Å². The van der Waals surface area contributed by atoms with E-state index < -0.39 is 17.7 Å². The first-order valence-electron chi connectivity index (χ1n) is 10.1. The van der Waals surface area contributed by atoms with Gasteiger partial charge in [0.1, 0.15) is 17.2 Å². The van der Waals surface area contributed by atoms with Gasteiger partial charge in [-0.2, -0.15) is 13.2 Å². The van der Waals surface area contributed by atoms with Crippen molar-refractivity contribution in [2.75, 3.05) is 7.11 Å². The minimum Gasteiger partial charge on any atom is -0.479 e. The number of rotatable bonds is 4. The number of ether oxygens (including phenoxy) is 1. The van der Waals surface area contributed by atoms with Crippen molar-refractivity contribution in [2.24, 2.45) is 0 Å². The Morgan fingerprint density at radius 2 is 1.84 bits per heavy atom. The maximum absolute atomic E-state index is 13.6. The molecule has 1 aliphatic heterocycles. The summed E-state index contributed by atoms with van der Waals surface area (Å²) >= 11 is 0. The van der Waals surface area contributed by atoms with Gasteiger partial charge in [0, 0.05) is 24.9 Å². The predicted molar refractivity (Wildman–Crippen MR) is 112 cm³/mol. The molecule has 9 heteroatoms. The fraction of sp³-hybridized carbons (Fsp3) is 0.261. The van der Waals surface area contributed by atoms with Crippen LogP contribution in [0.5, 0.6) is 5.88 Å². The van der Waals surface area contributed by atoms with Gasteiger partial charge in [-0.25, -0.2) is 15.0 Å². The maximum atomic E-state index is 13.6. The van der Waals surface area contributed by atoms with E-state index >= 15 is 0 Å². The van der Waals surface area contributed by atoms with Gasteiger partial charge in [-0.3, -0.25) is 0 Å². The Balaban J connectivity index is 1.52. The Labute approximate surface area is 182 Å². The number of halogens is 3. The summed E-state index contributed by atoms with van der Waals surface area (Å²) in [4.78, 5) is 13.5. The Bertz CT molecular complexity index is 1290. The largest absolute Gasteiger partial charge is 0.479 e. The highest BCUT2D eigenvalue weighted by Gasteiger charge is 2.38. The minimum absolute atomic E-state index is 0.257. The summed E-state index contributed by atoms with van der Waals surface area (Å²) in [5.41, 5.74) is 2.44. The summed E-state index contributed by atoms with van der Waals surface area (Å²) in [6, 6.07) is 9.41. The normalized spacial score (nSPS) is 15.7. The van der Waals surface area contributed by atoms with Crippen molar-refractivity contribution in [1.29, 1.82) is 0 Å². The van der Waals surface area contributed by atoms with Crippen LogP contribution < -0.4 is 4.74 Å². The summed E-state index contributed by atoms with van der Waals surface area (Å²) in [6.45, 7) is 2.49. The number of fused-ring (bicyclic) bond motifs is 1. The van der Waals surface area contributed by atoms with Crippen LogP contribution in [0.2, 0.25) is 0 Å². The molecule has 4 heterocycles. The molecule has 0 saturated carbocycles. The van der Waals surface area contributed by atoms with Crippen molar-refractivity contribution in [3.63, 3.8) is 0 Å². The van der Waals surface area contributed by atoms with Crippen LogP contribution in [-0.2, 0) is 12.7 Å². The third-order valence-electron chi connectivity index (χ3n) is 5.71. The molecule has 0 amide bonds. The highest BCUT2D eigenvalue weighted by Crippen LogP contribution is 2.42. The van der Waals surface area contributed by atoms with Gasteiger partial charge >= 0.3 is 6.18 Å². The molecule has 6 nitrogen and oxygen atoms in total. The number of aromatic nitrogens is 5. The maximum Gasteiger partial charge on any atom is 0.416 e. The van der Waals surface area contributed by atoms with E-state index in [-0.39, 0.29) is 5.56 Å². The van der Waals surface area contributed by atoms with E-state index in [1.807, 2.05) is 40.6 Å². The molecule has 0 spiro atoms. The molecule has 5 rings (SSSR count). The number of imidazole rings is 2. The topological polar surface area (TPSA) is 57.8 Å². The summed E-state index contributed by atoms with van der Waals surface area (Å²) in [7, 11) is 1.54. The number of hydrogen-bond acceptors (Lipinski definition) is 4. The molecule has 4 aromatic rings. The van der Waals surface area contributed by atoms with Gasteiger partial charge in [0.15, 0.2) is 0 Å². The first-order valence-corrected chi connectivity index (χ1v) is 10.1. The lowest BCUT2D eigenvalue weighted by molar-refractivity contribution is -0.138. The first-order chi connectivity index (χ1) is 15.3. The molecule has 1 aromatic carbocycles. The molecule has 32 heavy (non-hydrogen) atoms. The van der Waals surface area contributed by atoms with Crippen LogP contribution in [-0.4, -0.2) is 31.2 Å². The zero-order chi connectivity index (χ0) is 22.5. The van der Waals surface area contributed by atoms with E-state index in [1.165, 1.54) is 13.2 Å². The van der Waals surface area contributed by atoms with E-state index in [0.717, 1.165) is 17.4 Å². The Kier molecular flexibility index (Phi) is 4.76. The highest BCUT2D eigenvalue weighted by molar-refractivity contribution is 5.59. The highest BCUT2D eigenvalue weighted by atomic mass is 19.4. The molecule has 0 saturated heterocycles. The molecule has 3 aromatic heterocycles. The van der Waals surface area contributed by atoms with Crippen molar-refractivity contribution >= 4 is 0 Å². The molecule has 0 bridgehead atoms. The molecule has 1 atom stereocenters. The lowest BCUT2D eigenvalue weighted by Crippen LogP contribution is -2.12. The van der Waals surface area contributed by atoms with E-state index in [1.54, 1.807) is 18.5 Å². The Morgan fingerprint density at radius 1 is 1.03 bits per heavy atom. The van der Waals surface area contributed by atoms with Crippen molar-refractivity contribution in [2.45, 2.75) is 32.0 Å². The second-order valence-corrected chi connectivity index (χ2v) is 7.75. The summed E-state index contributed by atoms with van der Waals surface area (Å²) in [5, 5.41) is 0. The van der Waals surface area contributed by atoms with Gasteiger partial charge in [-0.15, -0.1) is 0 Å². The van der Waals surface area contributed by atoms with Crippen LogP contribution >= 0.6 is 0 Å². The SMILES string of the molecule is COc1nc(-c2cn3c(n2)[C@@H](c2ccccc2C(F)(F)F)CC3)ccc1-n1cnc(C)c1. The quantitative estimate of drug-likeness (QED) is 0.449. The fourth-order valence-corrected chi connectivity index (χ4v) is 4.24. The van der Waals surface area contributed by atoms with Crippen molar-refractivity contribution in [1.82, 2.24) is 24.1 Å². The summed E-state index contributed by atoms with van der Waals surface area (Å²) in [5.74, 6) is 0.607. The van der Waals surface area contributed by atoms with Crippen LogP contribution in [0.15, 0.2) is 55.1 Å². The van der Waals surface area contributed by atoms with Crippen molar-refractivity contribution in [3.8, 4) is 23.0 Å². The second kappa shape index (κ2) is 7.51. The van der Waals surface area contributed by atoms with Crippen LogP contribution in [0, 0.1) is 6.92 Å². The standard InChI is InChI=1S/C23H20F3N5O/c1-14-11-31(13-27-14)20-8-7-18(29-22(20)32-2)19-12-30-10-9-16(21(30)28-19)15-5-3-4-6-17(15)23(24,25)26/h3-8,11-13,16H,9-10H2,1-2H3/t16-/m1/s1.